The second kappa shape index (κ2) is 14.6. The number of furan rings is 2. The SMILES string of the molecule is C=C/C=C(\C=C)c1nc(-c2ccccc2)cc(-c2cc(-c3ccccc3)c(-n3c4ccccc4c4c5oc6cc7c(cc6c5ccc43)oc3ccccc37)c(-c3ccccc3)c2)n1. The monoisotopic (exact) mass is 807 g/mol. The van der Waals surface area contributed by atoms with E-state index in [1.807, 2.05) is 42.5 Å². The van der Waals surface area contributed by atoms with E-state index in [1.54, 1.807) is 12.2 Å². The van der Waals surface area contributed by atoms with Gasteiger partial charge in [-0.25, -0.2) is 9.97 Å². The Morgan fingerprint density at radius 1 is 0.460 bits per heavy atom. The Morgan fingerprint density at radius 3 is 1.70 bits per heavy atom. The van der Waals surface area contributed by atoms with Crippen LogP contribution in [0, 0.1) is 0 Å². The first kappa shape index (κ1) is 36.3. The molecule has 0 aliphatic rings. The van der Waals surface area contributed by atoms with Gasteiger partial charge in [0.2, 0.25) is 0 Å². The molecule has 0 bridgehead atoms. The molecule has 0 unspecified atom stereocenters. The van der Waals surface area contributed by atoms with E-state index in [4.69, 9.17) is 18.8 Å². The number of fused-ring (bicyclic) bond motifs is 10. The van der Waals surface area contributed by atoms with Gasteiger partial charge in [-0.1, -0.05) is 159 Å². The average Bonchev–Trinajstić information content (AvgIpc) is 4.01. The number of aromatic nitrogens is 3. The van der Waals surface area contributed by atoms with Crippen LogP contribution in [-0.4, -0.2) is 14.5 Å². The van der Waals surface area contributed by atoms with E-state index in [0.717, 1.165) is 122 Å². The number of nitrogens with zero attached hydrogens (tertiary/aromatic N) is 3. The smallest absolute Gasteiger partial charge is 0.160 e. The second-order valence-electron chi connectivity index (χ2n) is 15.8. The Bertz CT molecular complexity index is 3750. The zero-order valence-electron chi connectivity index (χ0n) is 34.1. The van der Waals surface area contributed by atoms with Crippen molar-refractivity contribution in [2.75, 3.05) is 0 Å². The maximum atomic E-state index is 6.97. The molecule has 63 heavy (non-hydrogen) atoms. The topological polar surface area (TPSA) is 57.0 Å². The quantitative estimate of drug-likeness (QED) is 0.144. The lowest BCUT2D eigenvalue weighted by Crippen LogP contribution is -2.03. The molecule has 0 N–H and O–H groups in total. The Labute approximate surface area is 362 Å². The van der Waals surface area contributed by atoms with Gasteiger partial charge in [0, 0.05) is 54.8 Å². The van der Waals surface area contributed by atoms with Crippen LogP contribution in [0.2, 0.25) is 0 Å². The highest BCUT2D eigenvalue weighted by atomic mass is 16.3. The van der Waals surface area contributed by atoms with Gasteiger partial charge in [0.05, 0.1) is 33.5 Å². The van der Waals surface area contributed by atoms with Gasteiger partial charge in [-0.2, -0.15) is 0 Å². The molecule has 4 heterocycles. The van der Waals surface area contributed by atoms with Gasteiger partial charge in [-0.05, 0) is 65.7 Å². The Morgan fingerprint density at radius 2 is 1.03 bits per heavy atom. The summed E-state index contributed by atoms with van der Waals surface area (Å²) in [7, 11) is 0. The molecule has 0 aliphatic carbocycles. The van der Waals surface area contributed by atoms with Crippen LogP contribution in [0.15, 0.2) is 222 Å². The molecule has 0 spiro atoms. The van der Waals surface area contributed by atoms with E-state index in [-0.39, 0.29) is 0 Å². The zero-order valence-corrected chi connectivity index (χ0v) is 34.1. The fraction of sp³-hybridized carbons (Fsp3) is 0. The van der Waals surface area contributed by atoms with Crippen molar-refractivity contribution in [3.63, 3.8) is 0 Å². The first-order chi connectivity index (χ1) is 31.1. The molecule has 0 atom stereocenters. The average molecular weight is 808 g/mol. The molecule has 0 amide bonds. The highest BCUT2D eigenvalue weighted by Gasteiger charge is 2.25. The molecule has 5 nitrogen and oxygen atoms in total. The van der Waals surface area contributed by atoms with E-state index in [1.165, 1.54) is 0 Å². The molecule has 0 saturated carbocycles. The normalized spacial score (nSPS) is 12.0. The van der Waals surface area contributed by atoms with E-state index in [9.17, 15) is 0 Å². The van der Waals surface area contributed by atoms with Gasteiger partial charge < -0.3 is 13.4 Å². The van der Waals surface area contributed by atoms with Crippen molar-refractivity contribution in [1.29, 1.82) is 0 Å². The van der Waals surface area contributed by atoms with Crippen molar-refractivity contribution >= 4 is 71.3 Å². The van der Waals surface area contributed by atoms with Crippen LogP contribution < -0.4 is 0 Å². The lowest BCUT2D eigenvalue weighted by atomic mass is 9.91. The zero-order chi connectivity index (χ0) is 42.0. The van der Waals surface area contributed by atoms with Crippen molar-refractivity contribution in [3.05, 3.63) is 219 Å². The summed E-state index contributed by atoms with van der Waals surface area (Å²) in [5.41, 5.74) is 15.2. The van der Waals surface area contributed by atoms with E-state index >= 15 is 0 Å². The van der Waals surface area contributed by atoms with Crippen LogP contribution in [0.1, 0.15) is 5.82 Å². The Balaban J connectivity index is 1.18. The third kappa shape index (κ3) is 5.86. The minimum Gasteiger partial charge on any atom is -0.456 e. The number of para-hydroxylation sites is 2. The van der Waals surface area contributed by atoms with Crippen molar-refractivity contribution < 1.29 is 8.83 Å². The van der Waals surface area contributed by atoms with Crippen LogP contribution in [-0.2, 0) is 0 Å². The largest absolute Gasteiger partial charge is 0.456 e. The maximum absolute atomic E-state index is 6.97. The first-order valence-electron chi connectivity index (χ1n) is 21.0. The highest BCUT2D eigenvalue weighted by Crippen LogP contribution is 2.47. The fourth-order valence-corrected chi connectivity index (χ4v) is 9.28. The summed E-state index contributed by atoms with van der Waals surface area (Å²) >= 11 is 0. The predicted molar refractivity (Wildman–Crippen MR) is 261 cm³/mol. The summed E-state index contributed by atoms with van der Waals surface area (Å²) in [6.07, 6.45) is 5.43. The third-order valence-electron chi connectivity index (χ3n) is 12.1. The molecule has 0 saturated heterocycles. The molecule has 296 valence electrons. The molecule has 12 aromatic rings. The summed E-state index contributed by atoms with van der Waals surface area (Å²) in [6, 6.07) is 63.7. The van der Waals surface area contributed by atoms with Gasteiger partial charge in [-0.15, -0.1) is 0 Å². The standard InChI is InChI=1S/C58H37N3O2/c1-3-18-36(4-2)58-59-48(39-23-12-7-13-24-39)35-49(60-58)40-31-44(37-19-8-5-9-20-37)56(45(32-40)38-21-10-6-11-22-38)61-50-27-16-14-26-43(50)55-51(61)30-29-42-47-34-53-46(33-54(47)63-57(42)55)41-25-15-17-28-52(41)62-53/h3-35H,1-2H2/b36-18+. The summed E-state index contributed by atoms with van der Waals surface area (Å²) in [5.74, 6) is 0.575. The summed E-state index contributed by atoms with van der Waals surface area (Å²) < 4.78 is 15.7. The molecular formula is C58H37N3O2. The molecule has 5 heteroatoms. The molecule has 8 aromatic carbocycles. The maximum Gasteiger partial charge on any atom is 0.160 e. The second-order valence-corrected chi connectivity index (χ2v) is 15.8. The van der Waals surface area contributed by atoms with Crippen molar-refractivity contribution in [1.82, 2.24) is 14.5 Å². The number of benzene rings is 8. The molecule has 0 radical (unpaired) electrons. The van der Waals surface area contributed by atoms with E-state index < -0.39 is 0 Å². The van der Waals surface area contributed by atoms with Crippen LogP contribution in [0.5, 0.6) is 0 Å². The van der Waals surface area contributed by atoms with Crippen molar-refractivity contribution in [3.8, 4) is 50.5 Å². The van der Waals surface area contributed by atoms with Gasteiger partial charge in [0.25, 0.3) is 0 Å². The van der Waals surface area contributed by atoms with Crippen LogP contribution in [0.4, 0.5) is 0 Å². The van der Waals surface area contributed by atoms with Gasteiger partial charge in [-0.3, -0.25) is 0 Å². The summed E-state index contributed by atoms with van der Waals surface area (Å²) in [5, 5.41) is 6.35. The fourth-order valence-electron chi connectivity index (χ4n) is 9.28. The van der Waals surface area contributed by atoms with Crippen LogP contribution in [0.25, 0.3) is 122 Å². The van der Waals surface area contributed by atoms with Crippen molar-refractivity contribution in [2.24, 2.45) is 0 Å². The van der Waals surface area contributed by atoms with Crippen molar-refractivity contribution in [2.45, 2.75) is 0 Å². The first-order valence-corrected chi connectivity index (χ1v) is 21.0. The van der Waals surface area contributed by atoms with Gasteiger partial charge in [0.15, 0.2) is 5.82 Å². The highest BCUT2D eigenvalue weighted by molar-refractivity contribution is 6.25. The Hall–Kier alpha value is -8.54. The Kier molecular flexibility index (Phi) is 8.41. The van der Waals surface area contributed by atoms with Gasteiger partial charge >= 0.3 is 0 Å². The minimum atomic E-state index is 0.575. The third-order valence-corrected chi connectivity index (χ3v) is 12.1. The summed E-state index contributed by atoms with van der Waals surface area (Å²) in [4.78, 5) is 10.3. The molecule has 12 rings (SSSR count). The van der Waals surface area contributed by atoms with Crippen LogP contribution >= 0.6 is 0 Å². The van der Waals surface area contributed by atoms with E-state index in [2.05, 4.69) is 163 Å². The number of rotatable bonds is 8. The lowest BCUT2D eigenvalue weighted by molar-refractivity contribution is 0.665. The predicted octanol–water partition coefficient (Wildman–Crippen LogP) is 15.8. The number of allylic oxidation sites excluding steroid dienone is 4. The number of hydrogen-bond acceptors (Lipinski definition) is 4. The molecule has 0 aliphatic heterocycles. The minimum absolute atomic E-state index is 0.575. The summed E-state index contributed by atoms with van der Waals surface area (Å²) in [6.45, 7) is 8.06. The molecule has 4 aromatic heterocycles. The number of hydrogen-bond donors (Lipinski definition) is 0. The van der Waals surface area contributed by atoms with Crippen LogP contribution in [0.3, 0.4) is 0 Å². The van der Waals surface area contributed by atoms with Gasteiger partial charge in [0.1, 0.15) is 22.3 Å². The lowest BCUT2D eigenvalue weighted by Gasteiger charge is -2.21. The molecule has 0 fully saturated rings. The molecular weight excluding hydrogens is 771 g/mol. The van der Waals surface area contributed by atoms with E-state index in [0.29, 0.717) is 5.82 Å².